The second-order valence-electron chi connectivity index (χ2n) is 2.94. The summed E-state index contributed by atoms with van der Waals surface area (Å²) in [6.07, 6.45) is -0.211. The molecule has 0 aliphatic heterocycles. The maximum Gasteiger partial charge on any atom is 0.307 e. The van der Waals surface area contributed by atoms with E-state index >= 15 is 0 Å². The normalized spacial score (nSPS) is 10.8. The molecule has 2 aromatic rings. The summed E-state index contributed by atoms with van der Waals surface area (Å²) >= 11 is 11.7. The minimum absolute atomic E-state index is 0.128. The third-order valence-electron chi connectivity index (χ3n) is 1.98. The molecule has 1 aromatic heterocycles. The van der Waals surface area contributed by atoms with Gasteiger partial charge in [0.25, 0.3) is 0 Å². The lowest BCUT2D eigenvalue weighted by Crippen LogP contribution is -2.01. The molecule has 15 heavy (non-hydrogen) atoms. The van der Waals surface area contributed by atoms with Crippen LogP contribution >= 0.6 is 23.2 Å². The van der Waals surface area contributed by atoms with Crippen molar-refractivity contribution in [1.82, 2.24) is 5.16 Å². The fourth-order valence-corrected chi connectivity index (χ4v) is 1.83. The van der Waals surface area contributed by atoms with Crippen LogP contribution in [0, 0.1) is 0 Å². The van der Waals surface area contributed by atoms with Crippen molar-refractivity contribution in [2.75, 3.05) is 0 Å². The molecular weight excluding hydrogens is 241 g/mol. The van der Waals surface area contributed by atoms with Gasteiger partial charge in [-0.05, 0) is 17.7 Å². The SMILES string of the molecule is O=C(O)Cc1c(Cl)ccc2onc(Cl)c12. The molecule has 0 atom stereocenters. The Kier molecular flexibility index (Phi) is 2.54. The fourth-order valence-electron chi connectivity index (χ4n) is 1.36. The molecule has 1 aromatic carbocycles. The number of carbonyl (C=O) groups is 1. The number of aromatic nitrogens is 1. The second-order valence-corrected chi connectivity index (χ2v) is 3.71. The molecule has 78 valence electrons. The maximum atomic E-state index is 10.6. The molecule has 0 aliphatic carbocycles. The van der Waals surface area contributed by atoms with Gasteiger partial charge in [0.15, 0.2) is 10.7 Å². The first-order valence-electron chi connectivity index (χ1n) is 4.03. The minimum Gasteiger partial charge on any atom is -0.481 e. The summed E-state index contributed by atoms with van der Waals surface area (Å²) in [5, 5.41) is 13.2. The van der Waals surface area contributed by atoms with Gasteiger partial charge in [0.2, 0.25) is 0 Å². The first-order valence-corrected chi connectivity index (χ1v) is 4.79. The third kappa shape index (κ3) is 1.78. The van der Waals surface area contributed by atoms with E-state index in [4.69, 9.17) is 32.8 Å². The van der Waals surface area contributed by atoms with Crippen LogP contribution < -0.4 is 0 Å². The second kappa shape index (κ2) is 3.72. The summed E-state index contributed by atoms with van der Waals surface area (Å²) in [7, 11) is 0. The van der Waals surface area contributed by atoms with E-state index in [1.54, 1.807) is 12.1 Å². The van der Waals surface area contributed by atoms with Gasteiger partial charge in [-0.1, -0.05) is 28.4 Å². The zero-order chi connectivity index (χ0) is 11.0. The van der Waals surface area contributed by atoms with Crippen molar-refractivity contribution in [3.8, 4) is 0 Å². The largest absolute Gasteiger partial charge is 0.481 e. The van der Waals surface area contributed by atoms with Crippen molar-refractivity contribution in [1.29, 1.82) is 0 Å². The van der Waals surface area contributed by atoms with Crippen LogP contribution in [0.3, 0.4) is 0 Å². The monoisotopic (exact) mass is 245 g/mol. The van der Waals surface area contributed by atoms with Gasteiger partial charge in [-0.15, -0.1) is 0 Å². The molecule has 0 saturated heterocycles. The topological polar surface area (TPSA) is 63.3 Å². The molecule has 0 spiro atoms. The Hall–Kier alpha value is -1.26. The Balaban J connectivity index is 2.72. The molecule has 2 rings (SSSR count). The molecule has 0 unspecified atom stereocenters. The Morgan fingerprint density at radius 3 is 2.87 bits per heavy atom. The highest BCUT2D eigenvalue weighted by molar-refractivity contribution is 6.36. The summed E-state index contributed by atoms with van der Waals surface area (Å²) in [6, 6.07) is 3.16. The van der Waals surface area contributed by atoms with Crippen LogP contribution in [-0.4, -0.2) is 16.2 Å². The quantitative estimate of drug-likeness (QED) is 0.884. The number of hydrogen-bond acceptors (Lipinski definition) is 3. The Morgan fingerprint density at radius 1 is 1.47 bits per heavy atom. The number of rotatable bonds is 2. The highest BCUT2D eigenvalue weighted by atomic mass is 35.5. The number of carboxylic acids is 1. The third-order valence-corrected chi connectivity index (χ3v) is 2.59. The van der Waals surface area contributed by atoms with E-state index in [1.165, 1.54) is 0 Å². The van der Waals surface area contributed by atoms with Crippen LogP contribution in [0.15, 0.2) is 16.7 Å². The standard InChI is InChI=1S/C9H5Cl2NO3/c10-5-1-2-6-8(9(11)12-15-6)4(5)3-7(13)14/h1-2H,3H2,(H,13,14). The highest BCUT2D eigenvalue weighted by Gasteiger charge is 2.16. The predicted molar refractivity (Wildman–Crippen MR) is 55.4 cm³/mol. The van der Waals surface area contributed by atoms with Crippen molar-refractivity contribution < 1.29 is 14.4 Å². The van der Waals surface area contributed by atoms with Crippen molar-refractivity contribution in [2.24, 2.45) is 0 Å². The molecular formula is C9H5Cl2NO3. The van der Waals surface area contributed by atoms with Gasteiger partial charge < -0.3 is 9.63 Å². The zero-order valence-electron chi connectivity index (χ0n) is 7.33. The van der Waals surface area contributed by atoms with E-state index in [0.717, 1.165) is 0 Å². The average molecular weight is 246 g/mol. The number of fused-ring (bicyclic) bond motifs is 1. The van der Waals surface area contributed by atoms with Crippen LogP contribution in [0.1, 0.15) is 5.56 Å². The highest BCUT2D eigenvalue weighted by Crippen LogP contribution is 2.31. The Labute approximate surface area is 94.4 Å². The molecule has 6 heteroatoms. The first kappa shape index (κ1) is 10.3. The number of halogens is 2. The summed E-state index contributed by atoms with van der Waals surface area (Å²) in [6.45, 7) is 0. The van der Waals surface area contributed by atoms with Crippen LogP contribution in [0.2, 0.25) is 10.2 Å². The summed E-state index contributed by atoms with van der Waals surface area (Å²) in [5.41, 5.74) is 0.855. The molecule has 0 saturated carbocycles. The van der Waals surface area contributed by atoms with E-state index in [9.17, 15) is 4.79 Å². The van der Waals surface area contributed by atoms with Crippen LogP contribution in [0.25, 0.3) is 11.0 Å². The zero-order valence-corrected chi connectivity index (χ0v) is 8.84. The van der Waals surface area contributed by atoms with Gasteiger partial charge >= 0.3 is 5.97 Å². The number of hydrogen-bond donors (Lipinski definition) is 1. The molecule has 0 radical (unpaired) electrons. The smallest absolute Gasteiger partial charge is 0.307 e. The Bertz CT molecular complexity index is 535. The first-order chi connectivity index (χ1) is 7.09. The van der Waals surface area contributed by atoms with Crippen molar-refractivity contribution >= 4 is 40.1 Å². The predicted octanol–water partition coefficient (Wildman–Crippen LogP) is 2.76. The fraction of sp³-hybridized carbons (Fsp3) is 0.111. The van der Waals surface area contributed by atoms with Crippen LogP contribution in [0.4, 0.5) is 0 Å². The van der Waals surface area contributed by atoms with E-state index in [0.29, 0.717) is 21.6 Å². The minimum atomic E-state index is -0.985. The summed E-state index contributed by atoms with van der Waals surface area (Å²) in [5.74, 6) is -0.985. The van der Waals surface area contributed by atoms with E-state index in [1.807, 2.05) is 0 Å². The van der Waals surface area contributed by atoms with Crippen molar-refractivity contribution in [2.45, 2.75) is 6.42 Å². The molecule has 0 fully saturated rings. The molecule has 0 bridgehead atoms. The Morgan fingerprint density at radius 2 is 2.20 bits per heavy atom. The number of carboxylic acid groups (broad SMARTS) is 1. The number of benzene rings is 1. The maximum absolute atomic E-state index is 10.6. The van der Waals surface area contributed by atoms with Gasteiger partial charge in [0, 0.05) is 5.02 Å². The van der Waals surface area contributed by atoms with E-state index < -0.39 is 5.97 Å². The average Bonchev–Trinajstić information content (AvgIpc) is 2.52. The number of aliphatic carboxylic acids is 1. The summed E-state index contributed by atoms with van der Waals surface area (Å²) < 4.78 is 4.89. The van der Waals surface area contributed by atoms with Gasteiger partial charge in [0.1, 0.15) is 0 Å². The van der Waals surface area contributed by atoms with Crippen molar-refractivity contribution in [3.63, 3.8) is 0 Å². The van der Waals surface area contributed by atoms with Gasteiger partial charge in [0.05, 0.1) is 11.8 Å². The van der Waals surface area contributed by atoms with Crippen LogP contribution in [-0.2, 0) is 11.2 Å². The lowest BCUT2D eigenvalue weighted by Gasteiger charge is -2.01. The lowest BCUT2D eigenvalue weighted by atomic mass is 10.1. The summed E-state index contributed by atoms with van der Waals surface area (Å²) in [4.78, 5) is 10.6. The molecule has 0 aliphatic rings. The lowest BCUT2D eigenvalue weighted by molar-refractivity contribution is -0.136. The van der Waals surface area contributed by atoms with Gasteiger partial charge in [-0.3, -0.25) is 4.79 Å². The van der Waals surface area contributed by atoms with Crippen molar-refractivity contribution in [3.05, 3.63) is 27.9 Å². The molecule has 1 heterocycles. The van der Waals surface area contributed by atoms with E-state index in [2.05, 4.69) is 5.16 Å². The molecule has 0 amide bonds. The molecule has 1 N–H and O–H groups in total. The van der Waals surface area contributed by atoms with E-state index in [-0.39, 0.29) is 11.6 Å². The molecule has 4 nitrogen and oxygen atoms in total. The number of nitrogens with zero attached hydrogens (tertiary/aromatic N) is 1. The van der Waals surface area contributed by atoms with Crippen LogP contribution in [0.5, 0.6) is 0 Å². The van der Waals surface area contributed by atoms with Gasteiger partial charge in [-0.25, -0.2) is 0 Å². The van der Waals surface area contributed by atoms with Gasteiger partial charge in [-0.2, -0.15) is 0 Å².